The summed E-state index contributed by atoms with van der Waals surface area (Å²) in [6.07, 6.45) is 4.01. The van der Waals surface area contributed by atoms with Crippen LogP contribution in [-0.4, -0.2) is 45.6 Å². The molecule has 1 aromatic heterocycles. The number of nitrogens with one attached hydrogen (secondary N) is 2. The van der Waals surface area contributed by atoms with E-state index in [0.717, 1.165) is 43.9 Å². The average molecular weight is 251 g/mol. The van der Waals surface area contributed by atoms with Gasteiger partial charge in [0.2, 0.25) is 5.91 Å². The predicted octanol–water partition coefficient (Wildman–Crippen LogP) is 0.468. The van der Waals surface area contributed by atoms with Crippen molar-refractivity contribution in [3.05, 3.63) is 11.6 Å². The zero-order valence-corrected chi connectivity index (χ0v) is 11.1. The third-order valence-electron chi connectivity index (χ3n) is 3.41. The van der Waals surface area contributed by atoms with Crippen LogP contribution in [-0.2, 0) is 17.8 Å². The van der Waals surface area contributed by atoms with Crippen molar-refractivity contribution in [2.45, 2.75) is 45.2 Å². The number of carbonyl (C=O) groups excluding carboxylic acids is 1. The Balaban J connectivity index is 2.02. The van der Waals surface area contributed by atoms with Gasteiger partial charge in [-0.2, -0.15) is 5.10 Å². The fourth-order valence-corrected chi connectivity index (χ4v) is 2.40. The highest BCUT2D eigenvalue weighted by Gasteiger charge is 2.28. The summed E-state index contributed by atoms with van der Waals surface area (Å²) < 4.78 is 0. The van der Waals surface area contributed by atoms with Crippen LogP contribution < -0.4 is 5.32 Å². The van der Waals surface area contributed by atoms with Gasteiger partial charge in [0.05, 0.1) is 12.6 Å². The van der Waals surface area contributed by atoms with E-state index in [9.17, 15) is 4.79 Å². The molecule has 6 heteroatoms. The normalized spacial score (nSPS) is 20.9. The van der Waals surface area contributed by atoms with Gasteiger partial charge in [0.1, 0.15) is 11.6 Å². The minimum atomic E-state index is -0.0288. The van der Waals surface area contributed by atoms with Gasteiger partial charge in [-0.15, -0.1) is 0 Å². The molecule has 2 N–H and O–H groups in total. The van der Waals surface area contributed by atoms with Gasteiger partial charge in [0, 0.05) is 13.5 Å². The van der Waals surface area contributed by atoms with Gasteiger partial charge in [-0.25, -0.2) is 4.98 Å². The lowest BCUT2D eigenvalue weighted by atomic mass is 10.0. The highest BCUT2D eigenvalue weighted by molar-refractivity contribution is 5.81. The number of aryl methyl sites for hydroxylation is 1. The SMILES string of the molecule is CCc1n[nH]c(CN2CCCCC2C(=O)NC)n1. The highest BCUT2D eigenvalue weighted by Crippen LogP contribution is 2.18. The summed E-state index contributed by atoms with van der Waals surface area (Å²) in [5.41, 5.74) is 0. The number of aromatic amines is 1. The number of nitrogens with zero attached hydrogens (tertiary/aromatic N) is 3. The van der Waals surface area contributed by atoms with Gasteiger partial charge >= 0.3 is 0 Å². The molecule has 2 rings (SSSR count). The van der Waals surface area contributed by atoms with Crippen LogP contribution in [0.1, 0.15) is 37.8 Å². The molecule has 1 saturated heterocycles. The van der Waals surface area contributed by atoms with Crippen molar-refractivity contribution in [1.82, 2.24) is 25.4 Å². The van der Waals surface area contributed by atoms with Crippen LogP contribution in [0.5, 0.6) is 0 Å². The standard InChI is InChI=1S/C12H21N5O/c1-3-10-14-11(16-15-10)8-17-7-5-4-6-9(17)12(18)13-2/h9H,3-8H2,1-2H3,(H,13,18)(H,14,15,16). The Hall–Kier alpha value is -1.43. The second-order valence-electron chi connectivity index (χ2n) is 4.65. The van der Waals surface area contributed by atoms with Crippen molar-refractivity contribution in [3.8, 4) is 0 Å². The molecule has 2 heterocycles. The summed E-state index contributed by atoms with van der Waals surface area (Å²) in [6.45, 7) is 3.65. The minimum absolute atomic E-state index is 0.0288. The van der Waals surface area contributed by atoms with E-state index in [0.29, 0.717) is 6.54 Å². The number of aromatic nitrogens is 3. The summed E-state index contributed by atoms with van der Waals surface area (Å²) in [4.78, 5) is 18.4. The number of amides is 1. The number of likely N-dealkylation sites (tertiary alicyclic amines) is 1. The molecule has 0 bridgehead atoms. The maximum absolute atomic E-state index is 11.8. The Morgan fingerprint density at radius 3 is 3.06 bits per heavy atom. The highest BCUT2D eigenvalue weighted by atomic mass is 16.2. The van der Waals surface area contributed by atoms with Crippen LogP contribution in [0.4, 0.5) is 0 Å². The maximum Gasteiger partial charge on any atom is 0.237 e. The molecule has 0 radical (unpaired) electrons. The molecule has 1 atom stereocenters. The third kappa shape index (κ3) is 2.87. The average Bonchev–Trinajstić information content (AvgIpc) is 2.86. The van der Waals surface area contributed by atoms with Crippen LogP contribution in [0.3, 0.4) is 0 Å². The Morgan fingerprint density at radius 2 is 2.39 bits per heavy atom. The Morgan fingerprint density at radius 1 is 1.56 bits per heavy atom. The van der Waals surface area contributed by atoms with E-state index in [1.165, 1.54) is 0 Å². The molecule has 0 aliphatic carbocycles. The van der Waals surface area contributed by atoms with Crippen molar-refractivity contribution in [2.24, 2.45) is 0 Å². The first-order valence-electron chi connectivity index (χ1n) is 6.60. The molecule has 1 amide bonds. The Bertz CT molecular complexity index is 403. The molecule has 1 aromatic rings. The number of rotatable bonds is 4. The molecule has 6 nitrogen and oxygen atoms in total. The van der Waals surface area contributed by atoms with Gasteiger partial charge < -0.3 is 5.32 Å². The van der Waals surface area contributed by atoms with Crippen molar-refractivity contribution in [3.63, 3.8) is 0 Å². The summed E-state index contributed by atoms with van der Waals surface area (Å²) in [6, 6.07) is -0.0288. The van der Waals surface area contributed by atoms with E-state index < -0.39 is 0 Å². The number of hydrogen-bond donors (Lipinski definition) is 2. The summed E-state index contributed by atoms with van der Waals surface area (Å²) >= 11 is 0. The van der Waals surface area contributed by atoms with Gasteiger partial charge in [-0.3, -0.25) is 14.8 Å². The Kier molecular flexibility index (Phi) is 4.30. The molecular weight excluding hydrogens is 230 g/mol. The topological polar surface area (TPSA) is 73.9 Å². The first-order valence-corrected chi connectivity index (χ1v) is 6.60. The predicted molar refractivity (Wildman–Crippen MR) is 67.9 cm³/mol. The van der Waals surface area contributed by atoms with Crippen molar-refractivity contribution in [2.75, 3.05) is 13.6 Å². The van der Waals surface area contributed by atoms with E-state index in [1.807, 2.05) is 6.92 Å². The molecule has 100 valence electrons. The maximum atomic E-state index is 11.8. The summed E-state index contributed by atoms with van der Waals surface area (Å²) in [5, 5.41) is 9.81. The van der Waals surface area contributed by atoms with Gasteiger partial charge in [0.25, 0.3) is 0 Å². The second kappa shape index (κ2) is 5.95. The van der Waals surface area contributed by atoms with Crippen LogP contribution in [0.15, 0.2) is 0 Å². The molecule has 18 heavy (non-hydrogen) atoms. The smallest absolute Gasteiger partial charge is 0.237 e. The van der Waals surface area contributed by atoms with E-state index in [1.54, 1.807) is 7.05 Å². The minimum Gasteiger partial charge on any atom is -0.358 e. The molecule has 1 unspecified atom stereocenters. The fourth-order valence-electron chi connectivity index (χ4n) is 2.40. The zero-order valence-electron chi connectivity index (χ0n) is 11.1. The van der Waals surface area contributed by atoms with Crippen LogP contribution in [0.2, 0.25) is 0 Å². The van der Waals surface area contributed by atoms with E-state index in [-0.39, 0.29) is 11.9 Å². The van der Waals surface area contributed by atoms with E-state index >= 15 is 0 Å². The molecule has 1 fully saturated rings. The number of hydrogen-bond acceptors (Lipinski definition) is 4. The van der Waals surface area contributed by atoms with Crippen molar-refractivity contribution >= 4 is 5.91 Å². The van der Waals surface area contributed by atoms with Crippen molar-refractivity contribution in [1.29, 1.82) is 0 Å². The van der Waals surface area contributed by atoms with Crippen LogP contribution >= 0.6 is 0 Å². The third-order valence-corrected chi connectivity index (χ3v) is 3.41. The number of H-pyrrole nitrogens is 1. The molecule has 1 aliphatic rings. The molecule has 0 aromatic carbocycles. The first kappa shape index (κ1) is 13.0. The molecule has 0 spiro atoms. The zero-order chi connectivity index (χ0) is 13.0. The van der Waals surface area contributed by atoms with Crippen LogP contribution in [0, 0.1) is 0 Å². The largest absolute Gasteiger partial charge is 0.358 e. The van der Waals surface area contributed by atoms with Gasteiger partial charge in [0.15, 0.2) is 0 Å². The molecule has 1 aliphatic heterocycles. The van der Waals surface area contributed by atoms with Gasteiger partial charge in [-0.1, -0.05) is 13.3 Å². The quantitative estimate of drug-likeness (QED) is 0.815. The number of piperidine rings is 1. The number of likely N-dealkylation sites (N-methyl/N-ethyl adjacent to an activating group) is 1. The summed E-state index contributed by atoms with van der Waals surface area (Å²) in [5.74, 6) is 1.78. The van der Waals surface area contributed by atoms with E-state index in [2.05, 4.69) is 25.4 Å². The lowest BCUT2D eigenvalue weighted by molar-refractivity contribution is -0.127. The first-order chi connectivity index (χ1) is 8.74. The van der Waals surface area contributed by atoms with Crippen molar-refractivity contribution < 1.29 is 4.79 Å². The molecular formula is C12H21N5O. The fraction of sp³-hybridized carbons (Fsp3) is 0.750. The lowest BCUT2D eigenvalue weighted by Crippen LogP contribution is -2.48. The Labute approximate surface area is 107 Å². The number of carbonyl (C=O) groups is 1. The van der Waals surface area contributed by atoms with Gasteiger partial charge in [-0.05, 0) is 19.4 Å². The molecule has 0 saturated carbocycles. The lowest BCUT2D eigenvalue weighted by Gasteiger charge is -2.33. The van der Waals surface area contributed by atoms with Crippen LogP contribution in [0.25, 0.3) is 0 Å². The van der Waals surface area contributed by atoms with E-state index in [4.69, 9.17) is 0 Å². The second-order valence-corrected chi connectivity index (χ2v) is 4.65. The summed E-state index contributed by atoms with van der Waals surface area (Å²) in [7, 11) is 1.69. The monoisotopic (exact) mass is 251 g/mol.